The molecule has 1 heterocycles. The van der Waals surface area contributed by atoms with Gasteiger partial charge in [-0.15, -0.1) is 0 Å². The normalized spacial score (nSPS) is 29.8. The van der Waals surface area contributed by atoms with E-state index in [0.29, 0.717) is 5.92 Å². The van der Waals surface area contributed by atoms with Crippen LogP contribution in [0.3, 0.4) is 0 Å². The summed E-state index contributed by atoms with van der Waals surface area (Å²) in [6.07, 6.45) is 3.01. The van der Waals surface area contributed by atoms with E-state index in [-0.39, 0.29) is 11.9 Å². The van der Waals surface area contributed by atoms with Crippen LogP contribution in [-0.2, 0) is 9.84 Å². The monoisotopic (exact) mass is 190 g/mol. The molecule has 0 radical (unpaired) electrons. The summed E-state index contributed by atoms with van der Waals surface area (Å²) in [5, 5.41) is 5.62. The molecule has 70 valence electrons. The van der Waals surface area contributed by atoms with Gasteiger partial charge in [0.05, 0.1) is 6.04 Å². The molecule has 0 saturated heterocycles. The van der Waals surface area contributed by atoms with E-state index in [1.54, 1.807) is 11.2 Å². The third-order valence-electron chi connectivity index (χ3n) is 2.05. The van der Waals surface area contributed by atoms with Crippen molar-refractivity contribution in [3.8, 4) is 0 Å². The standard InChI is InChI=1S/C7H14N2O2S/c1-6-4-8-9(7(6)2)5-12(3,10)11/h4,6-7H,5H2,1-3H3. The average Bonchev–Trinajstić information content (AvgIpc) is 2.16. The zero-order chi connectivity index (χ0) is 9.35. The van der Waals surface area contributed by atoms with E-state index in [1.807, 2.05) is 13.8 Å². The lowest BCUT2D eigenvalue weighted by molar-refractivity contribution is 0.255. The zero-order valence-electron chi connectivity index (χ0n) is 7.56. The van der Waals surface area contributed by atoms with Crippen LogP contribution < -0.4 is 0 Å². The second kappa shape index (κ2) is 3.05. The molecule has 2 atom stereocenters. The summed E-state index contributed by atoms with van der Waals surface area (Å²) in [7, 11) is -2.95. The van der Waals surface area contributed by atoms with Gasteiger partial charge in [-0.05, 0) is 6.92 Å². The van der Waals surface area contributed by atoms with Gasteiger partial charge in [0.15, 0.2) is 9.84 Å². The Bertz CT molecular complexity index is 284. The van der Waals surface area contributed by atoms with E-state index in [0.717, 1.165) is 0 Å². The maximum atomic E-state index is 10.9. The molecule has 0 aromatic rings. The summed E-state index contributed by atoms with van der Waals surface area (Å²) in [5.41, 5.74) is 0. The molecule has 0 aliphatic carbocycles. The van der Waals surface area contributed by atoms with E-state index < -0.39 is 9.84 Å². The molecular formula is C7H14N2O2S. The number of hydrogen-bond donors (Lipinski definition) is 0. The van der Waals surface area contributed by atoms with Crippen LogP contribution in [0.4, 0.5) is 0 Å². The van der Waals surface area contributed by atoms with Crippen molar-refractivity contribution in [1.29, 1.82) is 0 Å². The number of hydrogen-bond acceptors (Lipinski definition) is 4. The Morgan fingerprint density at radius 2 is 2.08 bits per heavy atom. The van der Waals surface area contributed by atoms with Gasteiger partial charge in [0.2, 0.25) is 0 Å². The first-order valence-corrected chi connectivity index (χ1v) is 5.94. The highest BCUT2D eigenvalue weighted by molar-refractivity contribution is 7.90. The lowest BCUT2D eigenvalue weighted by Crippen LogP contribution is -2.32. The topological polar surface area (TPSA) is 49.7 Å². The third kappa shape index (κ3) is 2.20. The maximum Gasteiger partial charge on any atom is 0.167 e. The molecule has 0 aromatic carbocycles. The zero-order valence-corrected chi connectivity index (χ0v) is 8.37. The highest BCUT2D eigenvalue weighted by Gasteiger charge is 2.25. The molecule has 4 nitrogen and oxygen atoms in total. The summed E-state index contributed by atoms with van der Waals surface area (Å²) >= 11 is 0. The highest BCUT2D eigenvalue weighted by Crippen LogP contribution is 2.16. The maximum absolute atomic E-state index is 10.9. The summed E-state index contributed by atoms with van der Waals surface area (Å²) < 4.78 is 21.8. The molecule has 0 spiro atoms. The average molecular weight is 190 g/mol. The van der Waals surface area contributed by atoms with Gasteiger partial charge in [-0.1, -0.05) is 6.92 Å². The van der Waals surface area contributed by atoms with E-state index in [9.17, 15) is 8.42 Å². The molecule has 0 bridgehead atoms. The Balaban J connectivity index is 2.63. The fourth-order valence-corrected chi connectivity index (χ4v) is 1.87. The number of sulfone groups is 1. The van der Waals surface area contributed by atoms with E-state index in [2.05, 4.69) is 5.10 Å². The summed E-state index contributed by atoms with van der Waals surface area (Å²) in [4.78, 5) is 0. The predicted octanol–water partition coefficient (Wildman–Crippen LogP) is 0.315. The molecule has 1 rings (SSSR count). The minimum Gasteiger partial charge on any atom is -0.279 e. The number of rotatable bonds is 2. The molecule has 0 fully saturated rings. The van der Waals surface area contributed by atoms with Crippen LogP contribution in [0.5, 0.6) is 0 Å². The first-order valence-electron chi connectivity index (χ1n) is 3.88. The quantitative estimate of drug-likeness (QED) is 0.630. The van der Waals surface area contributed by atoms with Crippen LogP contribution in [0.1, 0.15) is 13.8 Å². The van der Waals surface area contributed by atoms with Gasteiger partial charge >= 0.3 is 0 Å². The lowest BCUT2D eigenvalue weighted by Gasteiger charge is -2.21. The Hall–Kier alpha value is -0.580. The lowest BCUT2D eigenvalue weighted by atomic mass is 10.1. The molecule has 1 aliphatic heterocycles. The van der Waals surface area contributed by atoms with Gasteiger partial charge < -0.3 is 0 Å². The van der Waals surface area contributed by atoms with Crippen molar-refractivity contribution in [2.45, 2.75) is 19.9 Å². The van der Waals surface area contributed by atoms with Crippen molar-refractivity contribution in [3.63, 3.8) is 0 Å². The molecule has 1 aliphatic rings. The van der Waals surface area contributed by atoms with E-state index >= 15 is 0 Å². The smallest absolute Gasteiger partial charge is 0.167 e. The molecule has 2 unspecified atom stereocenters. The van der Waals surface area contributed by atoms with Crippen LogP contribution in [0.25, 0.3) is 0 Å². The van der Waals surface area contributed by atoms with Gasteiger partial charge in [-0.2, -0.15) is 5.10 Å². The molecule has 5 heteroatoms. The van der Waals surface area contributed by atoms with Crippen molar-refractivity contribution >= 4 is 16.1 Å². The Morgan fingerprint density at radius 3 is 2.42 bits per heavy atom. The Morgan fingerprint density at radius 1 is 1.50 bits per heavy atom. The second-order valence-corrected chi connectivity index (χ2v) is 5.47. The fourth-order valence-electron chi connectivity index (χ4n) is 1.08. The largest absolute Gasteiger partial charge is 0.279 e. The van der Waals surface area contributed by atoms with Crippen molar-refractivity contribution < 1.29 is 8.42 Å². The Kier molecular flexibility index (Phi) is 2.41. The van der Waals surface area contributed by atoms with Gasteiger partial charge in [0, 0.05) is 18.4 Å². The van der Waals surface area contributed by atoms with Crippen LogP contribution in [-0.4, -0.2) is 37.8 Å². The highest BCUT2D eigenvalue weighted by atomic mass is 32.2. The minimum absolute atomic E-state index is 0.0228. The van der Waals surface area contributed by atoms with Crippen LogP contribution in [0.15, 0.2) is 5.10 Å². The van der Waals surface area contributed by atoms with Crippen molar-refractivity contribution in [1.82, 2.24) is 5.01 Å². The van der Waals surface area contributed by atoms with Crippen LogP contribution in [0.2, 0.25) is 0 Å². The number of hydrazone groups is 1. The second-order valence-electron chi connectivity index (χ2n) is 3.36. The molecule has 0 aromatic heterocycles. The molecule has 0 amide bonds. The van der Waals surface area contributed by atoms with Crippen molar-refractivity contribution in [3.05, 3.63) is 0 Å². The summed E-state index contributed by atoms with van der Waals surface area (Å²) in [5.74, 6) is 0.362. The molecular weight excluding hydrogens is 176 g/mol. The Labute approximate surface area is 73.2 Å². The van der Waals surface area contributed by atoms with Crippen LogP contribution in [0, 0.1) is 5.92 Å². The van der Waals surface area contributed by atoms with E-state index in [4.69, 9.17) is 0 Å². The number of nitrogens with zero attached hydrogens (tertiary/aromatic N) is 2. The summed E-state index contributed by atoms with van der Waals surface area (Å²) in [6, 6.07) is 0.194. The van der Waals surface area contributed by atoms with Crippen molar-refractivity contribution in [2.24, 2.45) is 11.0 Å². The van der Waals surface area contributed by atoms with Gasteiger partial charge in [0.1, 0.15) is 5.88 Å². The van der Waals surface area contributed by atoms with Crippen LogP contribution >= 0.6 is 0 Å². The SMILES string of the molecule is CC1C=NN(CS(C)(=O)=O)C1C. The molecule has 0 saturated carbocycles. The van der Waals surface area contributed by atoms with E-state index in [1.165, 1.54) is 6.26 Å². The van der Waals surface area contributed by atoms with Crippen molar-refractivity contribution in [2.75, 3.05) is 12.1 Å². The summed E-state index contributed by atoms with van der Waals surface area (Å²) in [6.45, 7) is 4.00. The third-order valence-corrected chi connectivity index (χ3v) is 2.78. The minimum atomic E-state index is -2.95. The van der Waals surface area contributed by atoms with Gasteiger partial charge in [-0.25, -0.2) is 8.42 Å². The fraction of sp³-hybridized carbons (Fsp3) is 0.857. The van der Waals surface area contributed by atoms with Gasteiger partial charge in [-0.3, -0.25) is 5.01 Å². The predicted molar refractivity (Wildman–Crippen MR) is 48.7 cm³/mol. The first-order chi connectivity index (χ1) is 5.40. The molecule has 0 N–H and O–H groups in total. The van der Waals surface area contributed by atoms with Gasteiger partial charge in [0.25, 0.3) is 0 Å². The first kappa shape index (κ1) is 9.51. The molecule has 12 heavy (non-hydrogen) atoms.